The predicted molar refractivity (Wildman–Crippen MR) is 96.8 cm³/mol. The maximum absolute atomic E-state index is 13.0. The van der Waals surface area contributed by atoms with Crippen LogP contribution < -0.4 is 11.1 Å². The van der Waals surface area contributed by atoms with Crippen molar-refractivity contribution in [1.82, 2.24) is 20.1 Å². The summed E-state index contributed by atoms with van der Waals surface area (Å²) in [5, 5.41) is 11.2. The number of halogens is 1. The van der Waals surface area contributed by atoms with Crippen LogP contribution in [0.25, 0.3) is 0 Å². The molecule has 26 heavy (non-hydrogen) atoms. The van der Waals surface area contributed by atoms with Gasteiger partial charge in [-0.25, -0.2) is 4.39 Å². The van der Waals surface area contributed by atoms with Gasteiger partial charge in [-0.15, -0.1) is 10.2 Å². The quantitative estimate of drug-likeness (QED) is 0.680. The molecule has 0 bridgehead atoms. The number of benzene rings is 1. The standard InChI is InChI=1S/C17H22FN5O2S/c1-10(12-4-6-13(18)7-5-12)20-16(25)11(2)26-17-22-21-15(23(17)3)9-8-14(19)24/h4-7,10-11H,8-9H2,1-3H3,(H2,19,24)(H,20,25)/t10-,11+/m0/s1. The Balaban J connectivity index is 1.94. The number of hydrogen-bond donors (Lipinski definition) is 2. The fraction of sp³-hybridized carbons (Fsp3) is 0.412. The SMILES string of the molecule is C[C@H](NC(=O)[C@@H](C)Sc1nnc(CCC(N)=O)n1C)c1ccc(F)cc1. The van der Waals surface area contributed by atoms with Gasteiger partial charge in [0, 0.05) is 19.9 Å². The van der Waals surface area contributed by atoms with Crippen LogP contribution in [0.3, 0.4) is 0 Å². The molecule has 1 aromatic carbocycles. The van der Waals surface area contributed by atoms with E-state index >= 15 is 0 Å². The first kappa shape index (κ1) is 19.9. The van der Waals surface area contributed by atoms with Gasteiger partial charge >= 0.3 is 0 Å². The molecule has 0 spiro atoms. The Kier molecular flexibility index (Phi) is 6.73. The molecule has 1 heterocycles. The third-order valence-electron chi connectivity index (χ3n) is 3.90. The number of aryl methyl sites for hydroxylation is 1. The van der Waals surface area contributed by atoms with Crippen LogP contribution >= 0.6 is 11.8 Å². The molecule has 0 aliphatic rings. The minimum absolute atomic E-state index is 0.159. The molecular weight excluding hydrogens is 357 g/mol. The van der Waals surface area contributed by atoms with Crippen molar-refractivity contribution in [3.05, 3.63) is 41.5 Å². The summed E-state index contributed by atoms with van der Waals surface area (Å²) in [6.07, 6.45) is 0.601. The minimum Gasteiger partial charge on any atom is -0.370 e. The topological polar surface area (TPSA) is 103 Å². The average molecular weight is 379 g/mol. The van der Waals surface area contributed by atoms with E-state index in [-0.39, 0.29) is 24.2 Å². The number of nitrogens with one attached hydrogen (secondary N) is 1. The largest absolute Gasteiger partial charge is 0.370 e. The Bertz CT molecular complexity index is 778. The highest BCUT2D eigenvalue weighted by Crippen LogP contribution is 2.23. The van der Waals surface area contributed by atoms with Gasteiger partial charge in [0.25, 0.3) is 0 Å². The Morgan fingerprint density at radius 3 is 2.54 bits per heavy atom. The first-order valence-corrected chi connectivity index (χ1v) is 9.05. The maximum Gasteiger partial charge on any atom is 0.233 e. The molecule has 0 saturated heterocycles. The fourth-order valence-electron chi connectivity index (χ4n) is 2.28. The average Bonchev–Trinajstić information content (AvgIpc) is 2.93. The Morgan fingerprint density at radius 2 is 1.92 bits per heavy atom. The highest BCUT2D eigenvalue weighted by molar-refractivity contribution is 8.00. The molecule has 3 N–H and O–H groups in total. The van der Waals surface area contributed by atoms with Gasteiger partial charge in [0.15, 0.2) is 5.16 Å². The summed E-state index contributed by atoms with van der Waals surface area (Å²) >= 11 is 1.27. The number of hydrogen-bond acceptors (Lipinski definition) is 5. The highest BCUT2D eigenvalue weighted by atomic mass is 32.2. The molecule has 140 valence electrons. The molecule has 2 atom stereocenters. The van der Waals surface area contributed by atoms with Crippen LogP contribution in [0.4, 0.5) is 4.39 Å². The van der Waals surface area contributed by atoms with E-state index in [0.717, 1.165) is 5.56 Å². The third kappa shape index (κ3) is 5.29. The molecule has 0 radical (unpaired) electrons. The van der Waals surface area contributed by atoms with Gasteiger partial charge in [-0.3, -0.25) is 9.59 Å². The molecule has 0 aliphatic heterocycles. The van der Waals surface area contributed by atoms with Crippen molar-refractivity contribution in [2.75, 3.05) is 0 Å². The van der Waals surface area contributed by atoms with E-state index < -0.39 is 11.2 Å². The van der Waals surface area contributed by atoms with E-state index in [4.69, 9.17) is 5.73 Å². The van der Waals surface area contributed by atoms with Gasteiger partial charge < -0.3 is 15.6 Å². The van der Waals surface area contributed by atoms with Gasteiger partial charge in [-0.1, -0.05) is 23.9 Å². The molecule has 0 fully saturated rings. The molecule has 0 aliphatic carbocycles. The number of nitrogens with zero attached hydrogens (tertiary/aromatic N) is 3. The second-order valence-corrected chi connectivity index (χ2v) is 7.27. The number of carbonyl (C=O) groups is 2. The zero-order valence-corrected chi connectivity index (χ0v) is 15.7. The highest BCUT2D eigenvalue weighted by Gasteiger charge is 2.20. The van der Waals surface area contributed by atoms with Crippen molar-refractivity contribution >= 4 is 23.6 Å². The van der Waals surface area contributed by atoms with Crippen LogP contribution in [0, 0.1) is 5.82 Å². The number of aromatic nitrogens is 3. The lowest BCUT2D eigenvalue weighted by Gasteiger charge is -2.17. The summed E-state index contributed by atoms with van der Waals surface area (Å²) in [6.45, 7) is 3.61. The molecule has 9 heteroatoms. The van der Waals surface area contributed by atoms with E-state index in [2.05, 4.69) is 15.5 Å². The maximum atomic E-state index is 13.0. The molecule has 2 rings (SSSR count). The molecule has 0 saturated carbocycles. The minimum atomic E-state index is -0.398. The van der Waals surface area contributed by atoms with Gasteiger partial charge in [-0.2, -0.15) is 0 Å². The monoisotopic (exact) mass is 379 g/mol. The number of primary amides is 1. The van der Waals surface area contributed by atoms with Gasteiger partial charge in [0.2, 0.25) is 11.8 Å². The Hall–Kier alpha value is -2.42. The summed E-state index contributed by atoms with van der Waals surface area (Å²) in [7, 11) is 1.78. The van der Waals surface area contributed by atoms with Crippen LogP contribution in [0.5, 0.6) is 0 Å². The van der Waals surface area contributed by atoms with Gasteiger partial charge in [-0.05, 0) is 31.5 Å². The number of carbonyl (C=O) groups excluding carboxylic acids is 2. The molecule has 1 aromatic heterocycles. The zero-order chi connectivity index (χ0) is 19.3. The summed E-state index contributed by atoms with van der Waals surface area (Å²) in [6, 6.07) is 5.78. The Labute approximate surface area is 155 Å². The van der Waals surface area contributed by atoms with E-state index in [9.17, 15) is 14.0 Å². The summed E-state index contributed by atoms with van der Waals surface area (Å²) in [5.41, 5.74) is 5.97. The normalized spacial score (nSPS) is 13.2. The smallest absolute Gasteiger partial charge is 0.233 e. The van der Waals surface area contributed by atoms with Crippen molar-refractivity contribution in [3.8, 4) is 0 Å². The van der Waals surface area contributed by atoms with E-state index in [1.807, 2.05) is 6.92 Å². The molecule has 2 amide bonds. The number of thioether (sulfide) groups is 1. The first-order chi connectivity index (χ1) is 12.3. The van der Waals surface area contributed by atoms with E-state index in [0.29, 0.717) is 17.4 Å². The first-order valence-electron chi connectivity index (χ1n) is 8.17. The lowest BCUT2D eigenvalue weighted by Crippen LogP contribution is -2.33. The lowest BCUT2D eigenvalue weighted by atomic mass is 10.1. The molecule has 7 nitrogen and oxygen atoms in total. The lowest BCUT2D eigenvalue weighted by molar-refractivity contribution is -0.121. The third-order valence-corrected chi connectivity index (χ3v) is 5.03. The summed E-state index contributed by atoms with van der Waals surface area (Å²) in [4.78, 5) is 23.3. The summed E-state index contributed by atoms with van der Waals surface area (Å²) < 4.78 is 14.7. The second-order valence-electron chi connectivity index (χ2n) is 5.97. The predicted octanol–water partition coefficient (Wildman–Crippen LogP) is 1.73. The van der Waals surface area contributed by atoms with Gasteiger partial charge in [0.1, 0.15) is 11.6 Å². The van der Waals surface area contributed by atoms with Crippen molar-refractivity contribution in [1.29, 1.82) is 0 Å². The van der Waals surface area contributed by atoms with Crippen molar-refractivity contribution in [3.63, 3.8) is 0 Å². The van der Waals surface area contributed by atoms with Crippen molar-refractivity contribution in [2.45, 2.75) is 43.1 Å². The van der Waals surface area contributed by atoms with Crippen LogP contribution in [0.2, 0.25) is 0 Å². The summed E-state index contributed by atoms with van der Waals surface area (Å²) in [5.74, 6) is -0.234. The Morgan fingerprint density at radius 1 is 1.27 bits per heavy atom. The molecule has 0 unspecified atom stereocenters. The molecule has 2 aromatic rings. The van der Waals surface area contributed by atoms with Crippen LogP contribution in [0.15, 0.2) is 29.4 Å². The number of amides is 2. The molecular formula is C17H22FN5O2S. The van der Waals surface area contributed by atoms with Crippen LogP contribution in [-0.2, 0) is 23.1 Å². The van der Waals surface area contributed by atoms with Crippen molar-refractivity contribution < 1.29 is 14.0 Å². The van der Waals surface area contributed by atoms with Gasteiger partial charge in [0.05, 0.1) is 11.3 Å². The number of nitrogens with two attached hydrogens (primary N) is 1. The van der Waals surface area contributed by atoms with Crippen LogP contribution in [0.1, 0.15) is 37.7 Å². The number of rotatable bonds is 8. The van der Waals surface area contributed by atoms with Crippen LogP contribution in [-0.4, -0.2) is 31.8 Å². The second kappa shape index (κ2) is 8.79. The van der Waals surface area contributed by atoms with Crippen molar-refractivity contribution in [2.24, 2.45) is 12.8 Å². The van der Waals surface area contributed by atoms with E-state index in [1.54, 1.807) is 30.7 Å². The zero-order valence-electron chi connectivity index (χ0n) is 14.9. The fourth-order valence-corrected chi connectivity index (χ4v) is 3.12. The van der Waals surface area contributed by atoms with E-state index in [1.165, 1.54) is 23.9 Å².